The molecule has 2 amide bonds. The summed E-state index contributed by atoms with van der Waals surface area (Å²) in [7, 11) is 1.63. The van der Waals surface area contributed by atoms with Gasteiger partial charge in [0.2, 0.25) is 5.91 Å². The molecule has 33 heavy (non-hydrogen) atoms. The van der Waals surface area contributed by atoms with Crippen LogP contribution in [-0.2, 0) is 4.79 Å². The number of anilines is 1. The van der Waals surface area contributed by atoms with Crippen molar-refractivity contribution in [1.29, 1.82) is 0 Å². The van der Waals surface area contributed by atoms with Crippen molar-refractivity contribution in [3.05, 3.63) is 60.7 Å². The van der Waals surface area contributed by atoms with Crippen LogP contribution in [0.4, 0.5) is 5.69 Å². The lowest BCUT2D eigenvalue weighted by atomic mass is 9.77. The zero-order chi connectivity index (χ0) is 22.1. The first-order valence-corrected chi connectivity index (χ1v) is 10.9. The minimum atomic E-state index is -0.391. The third kappa shape index (κ3) is 3.95. The van der Waals surface area contributed by atoms with E-state index in [9.17, 15) is 9.59 Å². The van der Waals surface area contributed by atoms with Crippen LogP contribution < -0.4 is 14.6 Å². The highest BCUT2D eigenvalue weighted by Crippen LogP contribution is 2.44. The predicted octanol–water partition coefficient (Wildman–Crippen LogP) is 2.38. The summed E-state index contributed by atoms with van der Waals surface area (Å²) in [6, 6.07) is 9.43. The highest BCUT2D eigenvalue weighted by molar-refractivity contribution is 6.01. The molecule has 2 aliphatic rings. The molecule has 1 spiro atoms. The molecular formula is C24H27N5O4. The molecule has 3 N–H and O–H groups in total. The number of hydrogen-bond acceptors (Lipinski definition) is 5. The van der Waals surface area contributed by atoms with Crippen LogP contribution in [-0.4, -0.2) is 59.1 Å². The maximum atomic E-state index is 13.5. The SMILES string of the molecule is COc1cc(N2CCC3(CCN(C(=O)c4cc[nH+]cc4)CC3)C2=O)ccc1-c1cn[nH]c1.[OH-]. The van der Waals surface area contributed by atoms with Gasteiger partial charge in [0.25, 0.3) is 5.91 Å². The molecule has 5 rings (SSSR count). The maximum absolute atomic E-state index is 13.5. The Bertz CT molecular complexity index is 1130. The summed E-state index contributed by atoms with van der Waals surface area (Å²) in [4.78, 5) is 32.9. The number of pyridine rings is 1. The van der Waals surface area contributed by atoms with Crippen molar-refractivity contribution in [2.24, 2.45) is 5.41 Å². The van der Waals surface area contributed by atoms with Gasteiger partial charge in [0.15, 0.2) is 12.4 Å². The van der Waals surface area contributed by atoms with E-state index in [-0.39, 0.29) is 17.3 Å². The predicted molar refractivity (Wildman–Crippen MR) is 120 cm³/mol. The molecule has 0 atom stereocenters. The summed E-state index contributed by atoms with van der Waals surface area (Å²) in [6.45, 7) is 1.87. The Morgan fingerprint density at radius 1 is 1.12 bits per heavy atom. The van der Waals surface area contributed by atoms with Gasteiger partial charge in [-0.15, -0.1) is 0 Å². The van der Waals surface area contributed by atoms with Gasteiger partial charge < -0.3 is 20.0 Å². The van der Waals surface area contributed by atoms with Gasteiger partial charge in [-0.3, -0.25) is 14.7 Å². The monoisotopic (exact) mass is 449 g/mol. The lowest BCUT2D eigenvalue weighted by Gasteiger charge is -2.38. The van der Waals surface area contributed by atoms with Crippen LogP contribution in [0.1, 0.15) is 29.6 Å². The Morgan fingerprint density at radius 3 is 2.52 bits per heavy atom. The van der Waals surface area contributed by atoms with Crippen LogP contribution in [0.15, 0.2) is 55.1 Å². The van der Waals surface area contributed by atoms with Gasteiger partial charge >= 0.3 is 0 Å². The van der Waals surface area contributed by atoms with Crippen LogP contribution in [0.5, 0.6) is 5.75 Å². The summed E-state index contributed by atoms with van der Waals surface area (Å²) in [5.41, 5.74) is 2.99. The van der Waals surface area contributed by atoms with E-state index < -0.39 is 5.41 Å². The van der Waals surface area contributed by atoms with E-state index >= 15 is 0 Å². The Kier molecular flexibility index (Phi) is 6.15. The molecule has 0 aliphatic carbocycles. The lowest BCUT2D eigenvalue weighted by molar-refractivity contribution is -0.378. The number of H-pyrrole nitrogens is 2. The summed E-state index contributed by atoms with van der Waals surface area (Å²) in [6.07, 6.45) is 9.26. The first-order chi connectivity index (χ1) is 15.6. The number of nitrogens with one attached hydrogen (secondary N) is 2. The van der Waals surface area contributed by atoms with Crippen LogP contribution in [0, 0.1) is 5.41 Å². The first kappa shape index (κ1) is 22.5. The third-order valence-electron chi connectivity index (χ3n) is 6.79. The topological polar surface area (TPSA) is 123 Å². The molecule has 2 saturated heterocycles. The molecule has 2 fully saturated rings. The average molecular weight is 450 g/mol. The Labute approximate surface area is 191 Å². The molecule has 172 valence electrons. The van der Waals surface area contributed by atoms with Gasteiger partial charge in [0, 0.05) is 60.8 Å². The Hall–Kier alpha value is -3.72. The van der Waals surface area contributed by atoms with Crippen molar-refractivity contribution in [1.82, 2.24) is 15.1 Å². The van der Waals surface area contributed by atoms with Gasteiger partial charge in [-0.25, -0.2) is 4.98 Å². The molecule has 0 saturated carbocycles. The number of amides is 2. The van der Waals surface area contributed by atoms with Crippen LogP contribution in [0.25, 0.3) is 11.1 Å². The highest BCUT2D eigenvalue weighted by atomic mass is 16.5. The third-order valence-corrected chi connectivity index (χ3v) is 6.79. The second-order valence-corrected chi connectivity index (χ2v) is 8.44. The number of likely N-dealkylation sites (tertiary alicyclic amines) is 1. The van der Waals surface area contributed by atoms with Crippen LogP contribution in [0.3, 0.4) is 0 Å². The number of methoxy groups -OCH3 is 1. The number of carbonyl (C=O) groups is 2. The number of carbonyl (C=O) groups excluding carboxylic acids is 2. The van der Waals surface area contributed by atoms with E-state index in [1.807, 2.05) is 34.2 Å². The molecule has 3 aromatic rings. The van der Waals surface area contributed by atoms with Crippen LogP contribution >= 0.6 is 0 Å². The first-order valence-electron chi connectivity index (χ1n) is 10.9. The smallest absolute Gasteiger partial charge is 0.254 e. The molecule has 2 aliphatic heterocycles. The van der Waals surface area contributed by atoms with E-state index in [0.29, 0.717) is 43.8 Å². The van der Waals surface area contributed by atoms with E-state index in [4.69, 9.17) is 4.74 Å². The number of aromatic amines is 2. The summed E-state index contributed by atoms with van der Waals surface area (Å²) in [5, 5.41) is 6.82. The lowest BCUT2D eigenvalue weighted by Crippen LogP contribution is -2.46. The van der Waals surface area contributed by atoms with E-state index in [2.05, 4.69) is 15.2 Å². The number of piperidine rings is 1. The van der Waals surface area contributed by atoms with Crippen molar-refractivity contribution in [3.8, 4) is 16.9 Å². The minimum absolute atomic E-state index is 0. The quantitative estimate of drug-likeness (QED) is 0.655. The molecule has 4 heterocycles. The fourth-order valence-electron chi connectivity index (χ4n) is 4.87. The summed E-state index contributed by atoms with van der Waals surface area (Å²) >= 11 is 0. The summed E-state index contributed by atoms with van der Waals surface area (Å²) < 4.78 is 5.60. The van der Waals surface area contributed by atoms with Crippen molar-refractivity contribution in [2.75, 3.05) is 31.6 Å². The second kappa shape index (κ2) is 9.03. The minimum Gasteiger partial charge on any atom is -0.870 e. The van der Waals surface area contributed by atoms with Gasteiger partial charge in [-0.05, 0) is 31.4 Å². The Balaban J connectivity index is 0.00000259. The second-order valence-electron chi connectivity index (χ2n) is 8.44. The summed E-state index contributed by atoms with van der Waals surface area (Å²) in [5.74, 6) is 0.880. The van der Waals surface area contributed by atoms with Crippen molar-refractivity contribution >= 4 is 17.5 Å². The van der Waals surface area contributed by atoms with Gasteiger partial charge in [-0.1, -0.05) is 0 Å². The molecular weight excluding hydrogens is 422 g/mol. The highest BCUT2D eigenvalue weighted by Gasteiger charge is 2.49. The maximum Gasteiger partial charge on any atom is 0.254 e. The van der Waals surface area contributed by atoms with Gasteiger partial charge in [-0.2, -0.15) is 5.10 Å². The molecule has 9 heteroatoms. The van der Waals surface area contributed by atoms with E-state index in [1.54, 1.807) is 37.8 Å². The van der Waals surface area contributed by atoms with E-state index in [1.165, 1.54) is 0 Å². The average Bonchev–Trinajstić information content (AvgIpc) is 3.49. The molecule has 2 aromatic heterocycles. The zero-order valence-electron chi connectivity index (χ0n) is 18.5. The van der Waals surface area contributed by atoms with Gasteiger partial charge in [0.1, 0.15) is 5.75 Å². The Morgan fingerprint density at radius 2 is 1.85 bits per heavy atom. The van der Waals surface area contributed by atoms with Gasteiger partial charge in [0.05, 0.1) is 24.3 Å². The standard InChI is InChI=1S/C24H25N5O3.H2O/c1-32-21-14-19(2-3-20(21)18-15-26-27-16-18)29-13-8-24(23(29)31)6-11-28(12-7-24)22(30)17-4-9-25-10-5-17;/h2-5,9-10,14-16H,6-8,11-13H2,1H3,(H,26,27);1H2. The number of nitrogens with zero attached hydrogens (tertiary/aromatic N) is 3. The largest absolute Gasteiger partial charge is 0.870 e. The normalized spacial score (nSPS) is 17.2. The number of ether oxygens (including phenoxy) is 1. The molecule has 9 nitrogen and oxygen atoms in total. The van der Waals surface area contributed by atoms with E-state index in [0.717, 1.165) is 23.2 Å². The number of rotatable bonds is 4. The molecule has 0 bridgehead atoms. The fraction of sp³-hybridized carbons (Fsp3) is 0.333. The number of benzene rings is 1. The zero-order valence-corrected chi connectivity index (χ0v) is 18.5. The van der Waals surface area contributed by atoms with Crippen molar-refractivity contribution in [3.63, 3.8) is 0 Å². The number of hydrogen-bond donors (Lipinski definition) is 1. The molecule has 0 radical (unpaired) electrons. The number of aromatic nitrogens is 3. The fourth-order valence-corrected chi connectivity index (χ4v) is 4.87. The molecule has 1 aromatic carbocycles. The van der Waals surface area contributed by atoms with Crippen molar-refractivity contribution in [2.45, 2.75) is 19.3 Å². The van der Waals surface area contributed by atoms with Crippen molar-refractivity contribution < 1.29 is 24.8 Å². The molecule has 0 unspecified atom stereocenters. The van der Waals surface area contributed by atoms with Crippen LogP contribution in [0.2, 0.25) is 0 Å².